The van der Waals surface area contributed by atoms with E-state index in [2.05, 4.69) is 37.0 Å². The van der Waals surface area contributed by atoms with Crippen molar-refractivity contribution in [2.45, 2.75) is 26.2 Å². The standard InChI is InChI=1S/C12H13IN2O/c1-12(2,3)9-7-5-4-6-8(9)10-14-15-11(13)16-10/h4-7H,1-3H3. The van der Waals surface area contributed by atoms with Gasteiger partial charge in [-0.15, -0.1) is 10.2 Å². The lowest BCUT2D eigenvalue weighted by Gasteiger charge is -2.21. The number of aromatic nitrogens is 2. The summed E-state index contributed by atoms with van der Waals surface area (Å²) in [5.41, 5.74) is 2.30. The van der Waals surface area contributed by atoms with Crippen LogP contribution in [0.1, 0.15) is 26.3 Å². The average molecular weight is 328 g/mol. The molecular formula is C12H13IN2O. The van der Waals surface area contributed by atoms with Gasteiger partial charge in [-0.05, 0) is 17.0 Å². The van der Waals surface area contributed by atoms with Gasteiger partial charge in [0.1, 0.15) is 0 Å². The molecule has 0 fully saturated rings. The highest BCUT2D eigenvalue weighted by molar-refractivity contribution is 14.1. The predicted octanol–water partition coefficient (Wildman–Crippen LogP) is 3.64. The molecule has 0 radical (unpaired) electrons. The summed E-state index contributed by atoms with van der Waals surface area (Å²) >= 11 is 2.02. The highest BCUT2D eigenvalue weighted by Crippen LogP contribution is 2.32. The topological polar surface area (TPSA) is 38.9 Å². The van der Waals surface area contributed by atoms with Gasteiger partial charge in [-0.25, -0.2) is 0 Å². The first-order chi connectivity index (χ1) is 7.48. The van der Waals surface area contributed by atoms with Crippen LogP contribution in [0.15, 0.2) is 28.7 Å². The number of hydrogen-bond acceptors (Lipinski definition) is 3. The van der Waals surface area contributed by atoms with E-state index in [1.54, 1.807) is 0 Å². The highest BCUT2D eigenvalue weighted by Gasteiger charge is 2.20. The van der Waals surface area contributed by atoms with E-state index in [0.29, 0.717) is 9.79 Å². The van der Waals surface area contributed by atoms with Crippen LogP contribution in [-0.2, 0) is 5.41 Å². The first-order valence-electron chi connectivity index (χ1n) is 5.07. The number of halogens is 1. The van der Waals surface area contributed by atoms with Crippen LogP contribution in [0.4, 0.5) is 0 Å². The van der Waals surface area contributed by atoms with E-state index < -0.39 is 0 Å². The second kappa shape index (κ2) is 4.16. The van der Waals surface area contributed by atoms with Crippen LogP contribution in [0.25, 0.3) is 11.5 Å². The maximum atomic E-state index is 5.47. The molecule has 2 rings (SSSR count). The summed E-state index contributed by atoms with van der Waals surface area (Å²) in [7, 11) is 0. The van der Waals surface area contributed by atoms with Gasteiger partial charge in [0.15, 0.2) is 0 Å². The fourth-order valence-corrected chi connectivity index (χ4v) is 1.95. The number of nitrogens with zero attached hydrogens (tertiary/aromatic N) is 2. The molecule has 0 unspecified atom stereocenters. The molecule has 0 amide bonds. The van der Waals surface area contributed by atoms with Crippen molar-refractivity contribution in [3.63, 3.8) is 0 Å². The summed E-state index contributed by atoms with van der Waals surface area (Å²) in [5, 5.41) is 7.92. The zero-order chi connectivity index (χ0) is 11.8. The molecule has 1 aromatic heterocycles. The van der Waals surface area contributed by atoms with Gasteiger partial charge >= 0.3 is 0 Å². The van der Waals surface area contributed by atoms with E-state index in [-0.39, 0.29) is 5.41 Å². The molecule has 1 heterocycles. The maximum Gasteiger partial charge on any atom is 0.278 e. The molecule has 1 aromatic carbocycles. The molecule has 0 bridgehead atoms. The summed E-state index contributed by atoms with van der Waals surface area (Å²) in [4.78, 5) is 0. The molecule has 16 heavy (non-hydrogen) atoms. The first kappa shape index (κ1) is 11.6. The largest absolute Gasteiger partial charge is 0.412 e. The van der Waals surface area contributed by atoms with Gasteiger partial charge in [0, 0.05) is 28.2 Å². The Hall–Kier alpha value is -0.910. The van der Waals surface area contributed by atoms with E-state index in [1.807, 2.05) is 40.8 Å². The summed E-state index contributed by atoms with van der Waals surface area (Å²) in [5.74, 6) is 0.593. The van der Waals surface area contributed by atoms with Crippen molar-refractivity contribution >= 4 is 22.6 Å². The van der Waals surface area contributed by atoms with Crippen LogP contribution >= 0.6 is 22.6 Å². The van der Waals surface area contributed by atoms with Crippen LogP contribution in [0.5, 0.6) is 0 Å². The molecule has 0 spiro atoms. The van der Waals surface area contributed by atoms with Gasteiger partial charge in [-0.1, -0.05) is 39.0 Å². The third-order valence-corrected chi connectivity index (χ3v) is 2.80. The fourth-order valence-electron chi connectivity index (χ4n) is 1.64. The Bertz CT molecular complexity index is 500. The average Bonchev–Trinajstić information content (AvgIpc) is 2.64. The lowest BCUT2D eigenvalue weighted by molar-refractivity contribution is 0.531. The minimum absolute atomic E-state index is 0.0660. The minimum atomic E-state index is 0.0660. The lowest BCUT2D eigenvalue weighted by Crippen LogP contribution is -2.12. The highest BCUT2D eigenvalue weighted by atomic mass is 127. The zero-order valence-corrected chi connectivity index (χ0v) is 11.6. The van der Waals surface area contributed by atoms with Gasteiger partial charge in [0.25, 0.3) is 3.90 Å². The fraction of sp³-hybridized carbons (Fsp3) is 0.333. The molecule has 0 atom stereocenters. The Morgan fingerprint density at radius 2 is 1.81 bits per heavy atom. The van der Waals surface area contributed by atoms with Crippen LogP contribution in [0.3, 0.4) is 0 Å². The van der Waals surface area contributed by atoms with Crippen LogP contribution in [-0.4, -0.2) is 10.2 Å². The first-order valence-corrected chi connectivity index (χ1v) is 6.15. The summed E-state index contributed by atoms with van der Waals surface area (Å²) < 4.78 is 6.04. The number of hydrogen-bond donors (Lipinski definition) is 0. The van der Waals surface area contributed by atoms with E-state index in [0.717, 1.165) is 5.56 Å². The summed E-state index contributed by atoms with van der Waals surface area (Å²) in [6.07, 6.45) is 0. The number of benzene rings is 1. The molecule has 0 aliphatic rings. The molecular weight excluding hydrogens is 315 g/mol. The molecule has 84 valence electrons. The van der Waals surface area contributed by atoms with Crippen molar-refractivity contribution in [1.29, 1.82) is 0 Å². The van der Waals surface area contributed by atoms with E-state index >= 15 is 0 Å². The van der Waals surface area contributed by atoms with Crippen LogP contribution in [0, 0.1) is 3.90 Å². The van der Waals surface area contributed by atoms with Crippen molar-refractivity contribution in [2.24, 2.45) is 0 Å². The Morgan fingerprint density at radius 3 is 2.38 bits per heavy atom. The minimum Gasteiger partial charge on any atom is -0.412 e. The van der Waals surface area contributed by atoms with E-state index in [9.17, 15) is 0 Å². The lowest BCUT2D eigenvalue weighted by atomic mass is 9.84. The van der Waals surface area contributed by atoms with Gasteiger partial charge in [-0.3, -0.25) is 0 Å². The van der Waals surface area contributed by atoms with Crippen LogP contribution in [0.2, 0.25) is 0 Å². The second-order valence-electron chi connectivity index (χ2n) is 4.66. The van der Waals surface area contributed by atoms with Gasteiger partial charge in [-0.2, -0.15) is 0 Å². The maximum absolute atomic E-state index is 5.47. The third-order valence-electron chi connectivity index (χ3n) is 2.37. The van der Waals surface area contributed by atoms with Crippen molar-refractivity contribution in [2.75, 3.05) is 0 Å². The Labute approximate surface area is 108 Å². The number of rotatable bonds is 1. The normalized spacial score (nSPS) is 11.8. The SMILES string of the molecule is CC(C)(C)c1ccccc1-c1nnc(I)o1. The zero-order valence-electron chi connectivity index (χ0n) is 9.49. The van der Waals surface area contributed by atoms with E-state index in [1.165, 1.54) is 5.56 Å². The van der Waals surface area contributed by atoms with Gasteiger partial charge in [0.05, 0.1) is 0 Å². The Kier molecular flexibility index (Phi) is 3.01. The van der Waals surface area contributed by atoms with Gasteiger partial charge in [0.2, 0.25) is 5.89 Å². The summed E-state index contributed by atoms with van der Waals surface area (Å²) in [6.45, 7) is 6.52. The molecule has 0 N–H and O–H groups in total. The van der Waals surface area contributed by atoms with Gasteiger partial charge < -0.3 is 4.42 Å². The molecule has 0 saturated carbocycles. The molecule has 2 aromatic rings. The van der Waals surface area contributed by atoms with Crippen molar-refractivity contribution in [3.8, 4) is 11.5 Å². The molecule has 3 nitrogen and oxygen atoms in total. The predicted molar refractivity (Wildman–Crippen MR) is 71.2 cm³/mol. The molecule has 0 aliphatic carbocycles. The Balaban J connectivity index is 2.57. The monoisotopic (exact) mass is 328 g/mol. The molecule has 0 aliphatic heterocycles. The quantitative estimate of drug-likeness (QED) is 0.750. The second-order valence-corrected chi connectivity index (χ2v) is 5.58. The molecule has 0 saturated heterocycles. The smallest absolute Gasteiger partial charge is 0.278 e. The van der Waals surface area contributed by atoms with Crippen molar-refractivity contribution in [1.82, 2.24) is 10.2 Å². The van der Waals surface area contributed by atoms with Crippen molar-refractivity contribution < 1.29 is 4.42 Å². The molecule has 4 heteroatoms. The third kappa shape index (κ3) is 2.26. The summed E-state index contributed by atoms with van der Waals surface area (Å²) in [6, 6.07) is 8.14. The van der Waals surface area contributed by atoms with Crippen molar-refractivity contribution in [3.05, 3.63) is 33.7 Å². The van der Waals surface area contributed by atoms with E-state index in [4.69, 9.17) is 4.42 Å². The van der Waals surface area contributed by atoms with Crippen LogP contribution < -0.4 is 0 Å². The Morgan fingerprint density at radius 1 is 1.12 bits per heavy atom.